The zero-order valence-corrected chi connectivity index (χ0v) is 18.8. The smallest absolute Gasteiger partial charge is 0.410 e. The van der Waals surface area contributed by atoms with Crippen LogP contribution < -0.4 is 0 Å². The zero-order valence-electron chi connectivity index (χ0n) is 18.0. The van der Waals surface area contributed by atoms with Crippen LogP contribution in [-0.4, -0.2) is 54.1 Å². The fourth-order valence-electron chi connectivity index (χ4n) is 4.45. The summed E-state index contributed by atoms with van der Waals surface area (Å²) < 4.78 is 5.46. The lowest BCUT2D eigenvalue weighted by molar-refractivity contribution is -0.143. The molecule has 0 spiro atoms. The van der Waals surface area contributed by atoms with Crippen LogP contribution in [0.3, 0.4) is 0 Å². The second-order valence-corrected chi connectivity index (χ2v) is 10.0. The van der Waals surface area contributed by atoms with Gasteiger partial charge in [-0.2, -0.15) is 0 Å². The van der Waals surface area contributed by atoms with Crippen LogP contribution in [0.5, 0.6) is 0 Å². The van der Waals surface area contributed by atoms with Gasteiger partial charge < -0.3 is 14.5 Å². The van der Waals surface area contributed by atoms with Gasteiger partial charge in [-0.15, -0.1) is 0 Å². The van der Waals surface area contributed by atoms with Crippen LogP contribution in [0.2, 0.25) is 5.02 Å². The van der Waals surface area contributed by atoms with Crippen molar-refractivity contribution < 1.29 is 14.3 Å². The molecular weight excluding hydrogens is 388 g/mol. The van der Waals surface area contributed by atoms with Crippen molar-refractivity contribution in [3.63, 3.8) is 0 Å². The lowest BCUT2D eigenvalue weighted by Crippen LogP contribution is -2.54. The van der Waals surface area contributed by atoms with Gasteiger partial charge in [0.05, 0.1) is 5.41 Å². The molecule has 6 heteroatoms. The second-order valence-electron chi connectivity index (χ2n) is 9.57. The molecule has 1 saturated carbocycles. The van der Waals surface area contributed by atoms with Crippen molar-refractivity contribution >= 4 is 23.6 Å². The molecule has 0 radical (unpaired) electrons. The summed E-state index contributed by atoms with van der Waals surface area (Å²) >= 11 is 6.20. The van der Waals surface area contributed by atoms with Gasteiger partial charge in [0.2, 0.25) is 5.91 Å². The predicted octanol–water partition coefficient (Wildman–Crippen LogP) is 4.87. The van der Waals surface area contributed by atoms with E-state index in [9.17, 15) is 9.59 Å². The summed E-state index contributed by atoms with van der Waals surface area (Å²) in [6.45, 7) is 7.68. The molecule has 5 nitrogen and oxygen atoms in total. The summed E-state index contributed by atoms with van der Waals surface area (Å²) in [6, 6.07) is 7.75. The number of piperidine rings is 1. The Balaban J connectivity index is 1.65. The lowest BCUT2D eigenvalue weighted by atomic mass is 9.63. The van der Waals surface area contributed by atoms with E-state index >= 15 is 0 Å². The fourth-order valence-corrected chi connectivity index (χ4v) is 4.64. The summed E-state index contributed by atoms with van der Waals surface area (Å²) in [6.07, 6.45) is 4.49. The first-order valence-corrected chi connectivity index (χ1v) is 11.0. The maximum atomic E-state index is 13.5. The van der Waals surface area contributed by atoms with Gasteiger partial charge in [0.1, 0.15) is 5.60 Å². The molecule has 2 fully saturated rings. The van der Waals surface area contributed by atoms with Gasteiger partial charge >= 0.3 is 6.09 Å². The number of rotatable bonds is 4. The largest absolute Gasteiger partial charge is 0.444 e. The van der Waals surface area contributed by atoms with E-state index in [1.807, 2.05) is 49.9 Å². The van der Waals surface area contributed by atoms with Crippen molar-refractivity contribution in [2.24, 2.45) is 5.92 Å². The normalized spacial score (nSPS) is 21.3. The van der Waals surface area contributed by atoms with Gasteiger partial charge in [0.15, 0.2) is 0 Å². The van der Waals surface area contributed by atoms with E-state index < -0.39 is 11.0 Å². The fraction of sp³-hybridized carbons (Fsp3) is 0.652. The van der Waals surface area contributed by atoms with Gasteiger partial charge in [0.25, 0.3) is 0 Å². The van der Waals surface area contributed by atoms with Crippen molar-refractivity contribution in [3.05, 3.63) is 34.9 Å². The van der Waals surface area contributed by atoms with Crippen molar-refractivity contribution in [2.45, 2.75) is 63.9 Å². The van der Waals surface area contributed by atoms with Crippen molar-refractivity contribution in [3.8, 4) is 0 Å². The minimum absolute atomic E-state index is 0.218. The molecule has 0 N–H and O–H groups in total. The van der Waals surface area contributed by atoms with Crippen molar-refractivity contribution in [2.75, 3.05) is 26.7 Å². The Morgan fingerprint density at radius 3 is 2.59 bits per heavy atom. The highest BCUT2D eigenvalue weighted by molar-refractivity contribution is 6.30. The van der Waals surface area contributed by atoms with Crippen LogP contribution in [-0.2, 0) is 14.9 Å². The number of hydrogen-bond acceptors (Lipinski definition) is 3. The van der Waals surface area contributed by atoms with E-state index in [-0.39, 0.29) is 17.9 Å². The number of carbonyl (C=O) groups excluding carboxylic acids is 2. The minimum atomic E-state index is -0.506. The van der Waals surface area contributed by atoms with Gasteiger partial charge in [-0.25, -0.2) is 4.79 Å². The minimum Gasteiger partial charge on any atom is -0.444 e. The van der Waals surface area contributed by atoms with Gasteiger partial charge in [-0.05, 0) is 70.1 Å². The summed E-state index contributed by atoms with van der Waals surface area (Å²) in [5.41, 5.74) is 0.103. The summed E-state index contributed by atoms with van der Waals surface area (Å²) in [5, 5.41) is 0.678. The molecular formula is C23H33ClN2O3. The van der Waals surface area contributed by atoms with E-state index in [0.717, 1.165) is 44.2 Å². The first-order valence-electron chi connectivity index (χ1n) is 10.6. The highest BCUT2D eigenvalue weighted by Gasteiger charge is 2.48. The molecule has 1 aromatic carbocycles. The molecule has 2 amide bonds. The highest BCUT2D eigenvalue weighted by atomic mass is 35.5. The van der Waals surface area contributed by atoms with E-state index in [4.69, 9.17) is 16.3 Å². The highest BCUT2D eigenvalue weighted by Crippen LogP contribution is 2.46. The molecule has 2 aliphatic rings. The average Bonchev–Trinajstić information content (AvgIpc) is 2.59. The third-order valence-electron chi connectivity index (χ3n) is 6.04. The molecule has 1 heterocycles. The van der Waals surface area contributed by atoms with E-state index in [1.165, 1.54) is 0 Å². The SMILES string of the molecule is CN(CC1CCCN(C(=O)C2(c3cccc(Cl)c3)CCC2)C1)C(=O)OC(C)(C)C. The number of ether oxygens (including phenoxy) is 1. The molecule has 1 aliphatic carbocycles. The Bertz CT molecular complexity index is 755. The molecule has 29 heavy (non-hydrogen) atoms. The van der Waals surface area contributed by atoms with Crippen LogP contribution in [0.25, 0.3) is 0 Å². The molecule has 0 aromatic heterocycles. The zero-order chi connectivity index (χ0) is 21.2. The van der Waals surface area contributed by atoms with Crippen molar-refractivity contribution in [1.29, 1.82) is 0 Å². The van der Waals surface area contributed by atoms with E-state index in [0.29, 0.717) is 18.1 Å². The number of likely N-dealkylation sites (tertiary alicyclic amines) is 1. The summed E-state index contributed by atoms with van der Waals surface area (Å²) in [5.74, 6) is 0.484. The third kappa shape index (κ3) is 5.06. The summed E-state index contributed by atoms with van der Waals surface area (Å²) in [7, 11) is 1.77. The topological polar surface area (TPSA) is 49.9 Å². The Labute approximate surface area is 179 Å². The first kappa shape index (κ1) is 21.9. The monoisotopic (exact) mass is 420 g/mol. The van der Waals surface area contributed by atoms with Gasteiger partial charge in [0, 0.05) is 31.7 Å². The molecule has 0 bridgehead atoms. The quantitative estimate of drug-likeness (QED) is 0.698. The molecule has 3 rings (SSSR count). The number of halogens is 1. The molecule has 1 aliphatic heterocycles. The Morgan fingerprint density at radius 2 is 2.00 bits per heavy atom. The molecule has 1 saturated heterocycles. The maximum Gasteiger partial charge on any atom is 0.410 e. The molecule has 1 atom stereocenters. The van der Waals surface area contributed by atoms with Crippen LogP contribution in [0.15, 0.2) is 24.3 Å². The second kappa shape index (κ2) is 8.55. The predicted molar refractivity (Wildman–Crippen MR) is 115 cm³/mol. The van der Waals surface area contributed by atoms with Crippen LogP contribution in [0.4, 0.5) is 4.79 Å². The number of hydrogen-bond donors (Lipinski definition) is 0. The average molecular weight is 421 g/mol. The number of amides is 2. The first-order chi connectivity index (χ1) is 13.6. The van der Waals surface area contributed by atoms with Gasteiger partial charge in [-0.3, -0.25) is 4.79 Å². The molecule has 1 aromatic rings. The Kier molecular flexibility index (Phi) is 6.47. The maximum absolute atomic E-state index is 13.5. The standard InChI is InChI=1S/C23H33ClN2O3/c1-22(2,3)29-21(28)25(4)15-17-8-6-13-26(16-17)20(27)23(11-7-12-23)18-9-5-10-19(24)14-18/h5,9-10,14,17H,6-8,11-13,15-16H2,1-4H3. The van der Waals surface area contributed by atoms with E-state index in [2.05, 4.69) is 0 Å². The molecule has 160 valence electrons. The lowest BCUT2D eigenvalue weighted by Gasteiger charge is -2.46. The Morgan fingerprint density at radius 1 is 1.28 bits per heavy atom. The number of carbonyl (C=O) groups is 2. The number of nitrogens with zero attached hydrogens (tertiary/aromatic N) is 2. The Hall–Kier alpha value is -1.75. The van der Waals surface area contributed by atoms with Crippen LogP contribution in [0, 0.1) is 5.92 Å². The van der Waals surface area contributed by atoms with Crippen molar-refractivity contribution in [1.82, 2.24) is 9.80 Å². The van der Waals surface area contributed by atoms with Crippen LogP contribution >= 0.6 is 11.6 Å². The van der Waals surface area contributed by atoms with Gasteiger partial charge in [-0.1, -0.05) is 30.2 Å². The number of benzene rings is 1. The third-order valence-corrected chi connectivity index (χ3v) is 6.27. The summed E-state index contributed by atoms with van der Waals surface area (Å²) in [4.78, 5) is 29.5. The van der Waals surface area contributed by atoms with E-state index in [1.54, 1.807) is 11.9 Å². The molecule has 1 unspecified atom stereocenters. The van der Waals surface area contributed by atoms with Crippen LogP contribution in [0.1, 0.15) is 58.4 Å².